The van der Waals surface area contributed by atoms with Crippen molar-refractivity contribution in [3.8, 4) is 0 Å². The highest BCUT2D eigenvalue weighted by Gasteiger charge is 2.16. The van der Waals surface area contributed by atoms with Crippen LogP contribution in [0.5, 0.6) is 0 Å². The zero-order chi connectivity index (χ0) is 13.9. The Hall–Kier alpha value is -1.35. The number of aliphatic imine (C=N–C) groups is 1. The maximum atomic E-state index is 4.73. The number of piperazine rings is 1. The predicted octanol–water partition coefficient (Wildman–Crippen LogP) is 2.66. The molecule has 2 aliphatic rings. The van der Waals surface area contributed by atoms with Gasteiger partial charge in [-0.3, -0.25) is 4.99 Å². The highest BCUT2D eigenvalue weighted by Crippen LogP contribution is 2.21. The summed E-state index contributed by atoms with van der Waals surface area (Å²) in [6.07, 6.45) is 2.41. The SMILES string of the molecule is CC1CCC(c2ccc(N3CCN(C)CC3)cc2)=NC1. The summed E-state index contributed by atoms with van der Waals surface area (Å²) in [5.74, 6) is 0.753. The first-order valence-electron chi connectivity index (χ1n) is 7.79. The molecule has 0 aromatic heterocycles. The number of rotatable bonds is 2. The van der Waals surface area contributed by atoms with Gasteiger partial charge in [0.05, 0.1) is 0 Å². The molecule has 1 aromatic carbocycles. The van der Waals surface area contributed by atoms with E-state index < -0.39 is 0 Å². The molecule has 0 aliphatic carbocycles. The Morgan fingerprint density at radius 2 is 1.75 bits per heavy atom. The summed E-state index contributed by atoms with van der Waals surface area (Å²) >= 11 is 0. The van der Waals surface area contributed by atoms with Gasteiger partial charge < -0.3 is 9.80 Å². The molecule has 3 rings (SSSR count). The molecule has 2 aliphatic heterocycles. The predicted molar refractivity (Wildman–Crippen MR) is 86.0 cm³/mol. The summed E-state index contributed by atoms with van der Waals surface area (Å²) in [4.78, 5) is 9.60. The highest BCUT2D eigenvalue weighted by molar-refractivity contribution is 6.01. The average Bonchev–Trinajstić information content (AvgIpc) is 2.49. The molecule has 0 radical (unpaired) electrons. The molecule has 20 heavy (non-hydrogen) atoms. The quantitative estimate of drug-likeness (QED) is 0.823. The van der Waals surface area contributed by atoms with Crippen molar-refractivity contribution < 1.29 is 0 Å². The summed E-state index contributed by atoms with van der Waals surface area (Å²) in [6, 6.07) is 9.04. The second-order valence-corrected chi connectivity index (χ2v) is 6.27. The van der Waals surface area contributed by atoms with Gasteiger partial charge in [0, 0.05) is 44.1 Å². The first-order chi connectivity index (χ1) is 9.72. The van der Waals surface area contributed by atoms with Gasteiger partial charge in [-0.15, -0.1) is 0 Å². The standard InChI is InChI=1S/C17H25N3/c1-14-3-8-17(18-13-14)15-4-6-16(7-5-15)20-11-9-19(2)10-12-20/h4-7,14H,3,8-13H2,1-2H3. The number of benzene rings is 1. The summed E-state index contributed by atoms with van der Waals surface area (Å²) in [7, 11) is 2.20. The van der Waals surface area contributed by atoms with Gasteiger partial charge in [-0.1, -0.05) is 19.1 Å². The first-order valence-corrected chi connectivity index (χ1v) is 7.79. The molecular weight excluding hydrogens is 246 g/mol. The van der Waals surface area contributed by atoms with Crippen LogP contribution in [0.4, 0.5) is 5.69 Å². The maximum Gasteiger partial charge on any atom is 0.0420 e. The lowest BCUT2D eigenvalue weighted by Crippen LogP contribution is -2.44. The smallest absolute Gasteiger partial charge is 0.0420 e. The Morgan fingerprint density at radius 3 is 2.35 bits per heavy atom. The molecule has 0 N–H and O–H groups in total. The Labute approximate surface area is 122 Å². The average molecular weight is 271 g/mol. The second kappa shape index (κ2) is 5.96. The Bertz CT molecular complexity index is 470. The van der Waals surface area contributed by atoms with Gasteiger partial charge in [-0.2, -0.15) is 0 Å². The fraction of sp³-hybridized carbons (Fsp3) is 0.588. The van der Waals surface area contributed by atoms with Crippen LogP contribution in [0.1, 0.15) is 25.3 Å². The number of anilines is 1. The third kappa shape index (κ3) is 3.04. The molecule has 1 saturated heterocycles. The van der Waals surface area contributed by atoms with E-state index in [1.54, 1.807) is 0 Å². The van der Waals surface area contributed by atoms with Crippen LogP contribution in [0.15, 0.2) is 29.3 Å². The van der Waals surface area contributed by atoms with E-state index in [2.05, 4.69) is 48.0 Å². The van der Waals surface area contributed by atoms with Crippen LogP contribution in [0.25, 0.3) is 0 Å². The molecule has 1 atom stereocenters. The number of hydrogen-bond donors (Lipinski definition) is 0. The van der Waals surface area contributed by atoms with E-state index in [1.807, 2.05) is 0 Å². The van der Waals surface area contributed by atoms with E-state index in [4.69, 9.17) is 4.99 Å². The van der Waals surface area contributed by atoms with Crippen LogP contribution in [0.3, 0.4) is 0 Å². The van der Waals surface area contributed by atoms with Gasteiger partial charge in [-0.05, 0) is 43.5 Å². The minimum atomic E-state index is 0.753. The molecule has 1 fully saturated rings. The summed E-state index contributed by atoms with van der Waals surface area (Å²) in [5, 5.41) is 0. The Morgan fingerprint density at radius 1 is 1.05 bits per heavy atom. The van der Waals surface area contributed by atoms with Gasteiger partial charge in [0.25, 0.3) is 0 Å². The van der Waals surface area contributed by atoms with Gasteiger partial charge in [-0.25, -0.2) is 0 Å². The van der Waals surface area contributed by atoms with Crippen molar-refractivity contribution >= 4 is 11.4 Å². The highest BCUT2D eigenvalue weighted by atomic mass is 15.2. The van der Waals surface area contributed by atoms with Crippen LogP contribution < -0.4 is 4.90 Å². The monoisotopic (exact) mass is 271 g/mol. The van der Waals surface area contributed by atoms with Crippen molar-refractivity contribution in [1.82, 2.24) is 4.90 Å². The fourth-order valence-electron chi connectivity index (χ4n) is 2.98. The largest absolute Gasteiger partial charge is 0.369 e. The lowest BCUT2D eigenvalue weighted by Gasteiger charge is -2.34. The fourth-order valence-corrected chi connectivity index (χ4v) is 2.98. The Balaban J connectivity index is 1.68. The molecule has 0 spiro atoms. The van der Waals surface area contributed by atoms with Crippen molar-refractivity contribution in [3.63, 3.8) is 0 Å². The summed E-state index contributed by atoms with van der Waals surface area (Å²) in [5.41, 5.74) is 3.97. The van der Waals surface area contributed by atoms with Gasteiger partial charge in [0.2, 0.25) is 0 Å². The zero-order valence-corrected chi connectivity index (χ0v) is 12.7. The van der Waals surface area contributed by atoms with Gasteiger partial charge >= 0.3 is 0 Å². The van der Waals surface area contributed by atoms with Crippen molar-refractivity contribution in [1.29, 1.82) is 0 Å². The minimum Gasteiger partial charge on any atom is -0.369 e. The van der Waals surface area contributed by atoms with Crippen molar-refractivity contribution in [3.05, 3.63) is 29.8 Å². The molecule has 1 unspecified atom stereocenters. The van der Waals surface area contributed by atoms with Crippen LogP contribution in [-0.2, 0) is 0 Å². The summed E-state index contributed by atoms with van der Waals surface area (Å²) < 4.78 is 0. The van der Waals surface area contributed by atoms with E-state index in [0.29, 0.717) is 0 Å². The molecule has 0 amide bonds. The zero-order valence-electron chi connectivity index (χ0n) is 12.7. The number of likely N-dealkylation sites (N-methyl/N-ethyl adjacent to an activating group) is 1. The number of hydrogen-bond acceptors (Lipinski definition) is 3. The number of nitrogens with zero attached hydrogens (tertiary/aromatic N) is 3. The lowest BCUT2D eigenvalue weighted by atomic mass is 9.96. The molecular formula is C17H25N3. The topological polar surface area (TPSA) is 18.8 Å². The van der Waals surface area contributed by atoms with Gasteiger partial charge in [0.1, 0.15) is 0 Å². The molecule has 0 saturated carbocycles. The first kappa shape index (κ1) is 13.6. The third-order valence-corrected chi connectivity index (χ3v) is 4.54. The van der Waals surface area contributed by atoms with E-state index >= 15 is 0 Å². The van der Waals surface area contributed by atoms with E-state index in [1.165, 1.54) is 23.4 Å². The molecule has 3 heteroatoms. The minimum absolute atomic E-state index is 0.753. The lowest BCUT2D eigenvalue weighted by molar-refractivity contribution is 0.313. The van der Waals surface area contributed by atoms with E-state index in [0.717, 1.165) is 45.1 Å². The molecule has 108 valence electrons. The van der Waals surface area contributed by atoms with Crippen molar-refractivity contribution in [2.24, 2.45) is 10.9 Å². The van der Waals surface area contributed by atoms with E-state index in [9.17, 15) is 0 Å². The third-order valence-electron chi connectivity index (χ3n) is 4.54. The van der Waals surface area contributed by atoms with Crippen molar-refractivity contribution in [2.75, 3.05) is 44.7 Å². The van der Waals surface area contributed by atoms with Crippen LogP contribution in [0, 0.1) is 5.92 Å². The van der Waals surface area contributed by atoms with Crippen molar-refractivity contribution in [2.45, 2.75) is 19.8 Å². The van der Waals surface area contributed by atoms with E-state index in [-0.39, 0.29) is 0 Å². The normalized spacial score (nSPS) is 24.6. The van der Waals surface area contributed by atoms with Crippen LogP contribution >= 0.6 is 0 Å². The molecule has 1 aromatic rings. The van der Waals surface area contributed by atoms with Crippen LogP contribution in [-0.4, -0.2) is 50.4 Å². The summed E-state index contributed by atoms with van der Waals surface area (Å²) in [6.45, 7) is 7.87. The second-order valence-electron chi connectivity index (χ2n) is 6.27. The molecule has 0 bridgehead atoms. The van der Waals surface area contributed by atoms with Gasteiger partial charge in [0.15, 0.2) is 0 Å². The maximum absolute atomic E-state index is 4.73. The Kier molecular flexibility index (Phi) is 4.06. The molecule has 2 heterocycles. The molecule has 3 nitrogen and oxygen atoms in total. The van der Waals surface area contributed by atoms with Crippen LogP contribution in [0.2, 0.25) is 0 Å².